The second-order valence-electron chi connectivity index (χ2n) is 15.5. The fourth-order valence-corrected chi connectivity index (χ4v) is 8.01. The first-order valence-electron chi connectivity index (χ1n) is 19.4. The molecule has 2 heterocycles. The van der Waals surface area contributed by atoms with Crippen LogP contribution in [0, 0.1) is 0 Å². The largest absolute Gasteiger partial charge is 0.467 e. The van der Waals surface area contributed by atoms with Crippen LogP contribution in [0.25, 0.3) is 32.9 Å². The topological polar surface area (TPSA) is 106 Å². The summed E-state index contributed by atoms with van der Waals surface area (Å²) in [5, 5.41) is 4.87. The van der Waals surface area contributed by atoms with Crippen molar-refractivity contribution >= 4 is 39.8 Å². The van der Waals surface area contributed by atoms with Crippen LogP contribution in [0.4, 0.5) is 4.79 Å². The first-order chi connectivity index (χ1) is 27.5. The maximum absolute atomic E-state index is 15.2. The lowest BCUT2D eigenvalue weighted by molar-refractivity contribution is -0.153. The molecule has 2 amide bonds. The maximum atomic E-state index is 15.2. The Balaban J connectivity index is 1.25. The Morgan fingerprint density at radius 2 is 1.51 bits per heavy atom. The quantitative estimate of drug-likeness (QED) is 0.0851. The van der Waals surface area contributed by atoms with E-state index in [0.29, 0.717) is 0 Å². The number of carbonyl (C=O) groups is 3. The first-order valence-corrected chi connectivity index (χ1v) is 19.4. The van der Waals surface area contributed by atoms with Crippen molar-refractivity contribution in [2.75, 3.05) is 20.3 Å². The molecule has 2 N–H and O–H groups in total. The van der Waals surface area contributed by atoms with E-state index in [2.05, 4.69) is 59.6 Å². The molecule has 0 spiro atoms. The Bertz CT molecular complexity index is 2440. The molecule has 1 aliphatic carbocycles. The van der Waals surface area contributed by atoms with E-state index in [1.54, 1.807) is 0 Å². The maximum Gasteiger partial charge on any atom is 0.407 e. The zero-order valence-electron chi connectivity index (χ0n) is 33.3. The number of carbonyl (C=O) groups excluding carboxylic acids is 3. The standard InChI is InChI=1S/C48H50N4O5/c1-7-48(4,5)52-29-33(35-17-13-15-23-43(35)52)26-42(50-47(55)57-30-40-38-20-10-8-18-36(38)37-19-9-11-21-39(37)40)45(53)51(25-24-31(2)3)44(46(54)56-6)27-32-28-49-41-22-14-12-16-34(32)41/h7-24,28-29,40,42,44,49H,1,25-27,30H2,2-6H3,(H,50,55)/t42-,44-/m0/s1. The number of fused-ring (bicyclic) bond motifs is 5. The van der Waals surface area contributed by atoms with Crippen LogP contribution in [0.1, 0.15) is 55.9 Å². The first kappa shape index (κ1) is 38.9. The monoisotopic (exact) mass is 762 g/mol. The fourth-order valence-electron chi connectivity index (χ4n) is 8.01. The van der Waals surface area contributed by atoms with Gasteiger partial charge in [0.2, 0.25) is 5.91 Å². The number of aromatic amines is 1. The minimum absolute atomic E-state index is 0.0838. The van der Waals surface area contributed by atoms with E-state index in [4.69, 9.17) is 9.47 Å². The number of amides is 2. The second-order valence-corrected chi connectivity index (χ2v) is 15.5. The molecule has 57 heavy (non-hydrogen) atoms. The van der Waals surface area contributed by atoms with Gasteiger partial charge < -0.3 is 29.2 Å². The predicted molar refractivity (Wildman–Crippen MR) is 226 cm³/mol. The van der Waals surface area contributed by atoms with E-state index in [9.17, 15) is 9.59 Å². The highest BCUT2D eigenvalue weighted by Crippen LogP contribution is 2.44. The minimum atomic E-state index is -1.10. The van der Waals surface area contributed by atoms with Crippen molar-refractivity contribution in [2.24, 2.45) is 0 Å². The highest BCUT2D eigenvalue weighted by atomic mass is 16.5. The lowest BCUT2D eigenvalue weighted by atomic mass is 9.98. The smallest absolute Gasteiger partial charge is 0.407 e. The summed E-state index contributed by atoms with van der Waals surface area (Å²) in [6.07, 6.45) is 7.29. The Labute approximate surface area is 334 Å². The molecular weight excluding hydrogens is 713 g/mol. The van der Waals surface area contributed by atoms with Crippen LogP contribution in [-0.2, 0) is 37.4 Å². The Kier molecular flexibility index (Phi) is 11.2. The van der Waals surface area contributed by atoms with Crippen LogP contribution in [0.3, 0.4) is 0 Å². The SMILES string of the molecule is C=CC(C)(C)n1cc(C[C@H](NC(=O)OCC2c3ccccc3-c3ccccc32)C(=O)N(CC=C(C)C)[C@@H](Cc2c[nH]c3ccccc23)C(=O)OC)c2ccccc21. The normalized spacial score (nSPS) is 13.4. The lowest BCUT2D eigenvalue weighted by Gasteiger charge is -2.32. The zero-order chi connectivity index (χ0) is 40.3. The average Bonchev–Trinajstić information content (AvgIpc) is 3.91. The third-order valence-corrected chi connectivity index (χ3v) is 11.2. The van der Waals surface area contributed by atoms with Gasteiger partial charge in [-0.25, -0.2) is 9.59 Å². The van der Waals surface area contributed by atoms with E-state index >= 15 is 4.79 Å². The van der Waals surface area contributed by atoms with Gasteiger partial charge in [-0.2, -0.15) is 0 Å². The van der Waals surface area contributed by atoms with Crippen molar-refractivity contribution in [2.45, 2.75) is 64.1 Å². The number of hydrogen-bond acceptors (Lipinski definition) is 5. The lowest BCUT2D eigenvalue weighted by Crippen LogP contribution is -2.55. The van der Waals surface area contributed by atoms with Gasteiger partial charge in [0.25, 0.3) is 0 Å². The molecule has 4 aromatic carbocycles. The van der Waals surface area contributed by atoms with Crippen molar-refractivity contribution in [3.05, 3.63) is 156 Å². The van der Waals surface area contributed by atoms with E-state index in [-0.39, 0.29) is 31.9 Å². The molecule has 1 aliphatic rings. The summed E-state index contributed by atoms with van der Waals surface area (Å²) in [6.45, 7) is 12.3. The molecule has 0 radical (unpaired) electrons. The number of rotatable bonds is 14. The van der Waals surface area contributed by atoms with Crippen molar-refractivity contribution in [3.63, 3.8) is 0 Å². The van der Waals surface area contributed by atoms with E-state index in [0.717, 1.165) is 60.8 Å². The van der Waals surface area contributed by atoms with Gasteiger partial charge in [0, 0.05) is 59.5 Å². The van der Waals surface area contributed by atoms with Crippen molar-refractivity contribution in [1.82, 2.24) is 19.8 Å². The van der Waals surface area contributed by atoms with Crippen LogP contribution in [0.15, 0.2) is 134 Å². The predicted octanol–water partition coefficient (Wildman–Crippen LogP) is 9.07. The highest BCUT2D eigenvalue weighted by Gasteiger charge is 2.37. The van der Waals surface area contributed by atoms with E-state index in [1.165, 1.54) is 12.0 Å². The van der Waals surface area contributed by atoms with Gasteiger partial charge in [-0.05, 0) is 73.2 Å². The summed E-state index contributed by atoms with van der Waals surface area (Å²) in [6, 6.07) is 30.0. The third-order valence-electron chi connectivity index (χ3n) is 11.2. The number of para-hydroxylation sites is 2. The average molecular weight is 763 g/mol. The number of nitrogens with zero attached hydrogens (tertiary/aromatic N) is 2. The Morgan fingerprint density at radius 1 is 0.877 bits per heavy atom. The molecule has 2 atom stereocenters. The summed E-state index contributed by atoms with van der Waals surface area (Å²) in [5.74, 6) is -1.15. The number of methoxy groups -OCH3 is 1. The summed E-state index contributed by atoms with van der Waals surface area (Å²) < 4.78 is 13.5. The number of alkyl carbamates (subject to hydrolysis) is 1. The van der Waals surface area contributed by atoms with Gasteiger partial charge in [0.15, 0.2) is 0 Å². The van der Waals surface area contributed by atoms with Gasteiger partial charge in [-0.15, -0.1) is 6.58 Å². The zero-order valence-corrected chi connectivity index (χ0v) is 33.3. The summed E-state index contributed by atoms with van der Waals surface area (Å²) in [7, 11) is 1.33. The molecule has 6 aromatic rings. The molecule has 0 saturated carbocycles. The number of benzene rings is 4. The molecule has 292 valence electrons. The summed E-state index contributed by atoms with van der Waals surface area (Å²) in [5.41, 5.74) is 8.55. The third kappa shape index (κ3) is 7.87. The van der Waals surface area contributed by atoms with Crippen LogP contribution in [0.5, 0.6) is 0 Å². The van der Waals surface area contributed by atoms with Crippen LogP contribution >= 0.6 is 0 Å². The van der Waals surface area contributed by atoms with Crippen molar-refractivity contribution < 1.29 is 23.9 Å². The molecule has 9 nitrogen and oxygen atoms in total. The van der Waals surface area contributed by atoms with Gasteiger partial charge in [-0.1, -0.05) is 103 Å². The van der Waals surface area contributed by atoms with Gasteiger partial charge in [-0.3, -0.25) is 4.79 Å². The van der Waals surface area contributed by atoms with Crippen molar-refractivity contribution in [1.29, 1.82) is 0 Å². The molecule has 0 unspecified atom stereocenters. The molecule has 0 aliphatic heterocycles. The highest BCUT2D eigenvalue weighted by molar-refractivity contribution is 5.92. The van der Waals surface area contributed by atoms with Crippen LogP contribution in [-0.4, -0.2) is 64.8 Å². The van der Waals surface area contributed by atoms with E-state index < -0.39 is 35.6 Å². The minimum Gasteiger partial charge on any atom is -0.467 e. The van der Waals surface area contributed by atoms with Crippen LogP contribution < -0.4 is 5.32 Å². The molecule has 7 rings (SSSR count). The number of H-pyrrole nitrogens is 1. The molecule has 2 aromatic heterocycles. The van der Waals surface area contributed by atoms with Gasteiger partial charge in [0.1, 0.15) is 18.7 Å². The molecular formula is C48H50N4O5. The van der Waals surface area contributed by atoms with Gasteiger partial charge in [0.05, 0.1) is 12.6 Å². The Morgan fingerprint density at radius 3 is 2.18 bits per heavy atom. The van der Waals surface area contributed by atoms with Crippen LogP contribution in [0.2, 0.25) is 0 Å². The summed E-state index contributed by atoms with van der Waals surface area (Å²) in [4.78, 5) is 47.8. The van der Waals surface area contributed by atoms with Gasteiger partial charge >= 0.3 is 12.1 Å². The molecule has 0 fully saturated rings. The molecule has 0 saturated heterocycles. The molecule has 9 heteroatoms. The Hall–Kier alpha value is -6.35. The number of ether oxygens (including phenoxy) is 2. The number of aromatic nitrogens is 2. The number of allylic oxidation sites excluding steroid dienone is 2. The fraction of sp³-hybridized carbons (Fsp3) is 0.271. The van der Waals surface area contributed by atoms with E-state index in [1.807, 2.05) is 111 Å². The van der Waals surface area contributed by atoms with Crippen molar-refractivity contribution in [3.8, 4) is 11.1 Å². The molecule has 0 bridgehead atoms. The number of esters is 1. The summed E-state index contributed by atoms with van der Waals surface area (Å²) >= 11 is 0. The number of nitrogens with one attached hydrogen (secondary N) is 2. The number of hydrogen-bond donors (Lipinski definition) is 2. The second kappa shape index (κ2) is 16.4.